The molecule has 0 spiro atoms. The molecule has 2 aromatic rings. The van der Waals surface area contributed by atoms with Crippen molar-refractivity contribution in [1.29, 1.82) is 0 Å². The monoisotopic (exact) mass is 547 g/mol. The van der Waals surface area contributed by atoms with E-state index in [1.807, 2.05) is 38.4 Å². The van der Waals surface area contributed by atoms with E-state index in [-0.39, 0.29) is 29.7 Å². The first-order chi connectivity index (χ1) is 18.8. The highest BCUT2D eigenvalue weighted by molar-refractivity contribution is 6.24. The molecule has 0 saturated carbocycles. The first kappa shape index (κ1) is 27.6. The Hall–Kier alpha value is -3.99. The SMILES string of the molecule is CN(C)Cc1ccc(-c2ccc(O)c3c2C[C@H]2C[C@H]4[C@@H](N(C)C)C(O)=C(C(N)=O)C(=O)[C@@]4(O)C(O)=C2C3=O)cc1. The zero-order chi connectivity index (χ0) is 29.3. The van der Waals surface area contributed by atoms with Crippen LogP contribution in [0.1, 0.15) is 27.9 Å². The van der Waals surface area contributed by atoms with Gasteiger partial charge in [0.05, 0.1) is 11.6 Å². The van der Waals surface area contributed by atoms with Gasteiger partial charge in [-0.1, -0.05) is 30.3 Å². The van der Waals surface area contributed by atoms with Crippen LogP contribution in [0.5, 0.6) is 5.75 Å². The number of carbonyl (C=O) groups excluding carboxylic acids is 3. The molecule has 3 aliphatic carbocycles. The summed E-state index contributed by atoms with van der Waals surface area (Å²) in [6, 6.07) is 10.0. The summed E-state index contributed by atoms with van der Waals surface area (Å²) in [6.07, 6.45) is 0.278. The molecule has 0 saturated heterocycles. The number of amides is 1. The number of ketones is 2. The number of phenols is 1. The van der Waals surface area contributed by atoms with Gasteiger partial charge < -0.3 is 31.1 Å². The van der Waals surface area contributed by atoms with Crippen LogP contribution in [0.15, 0.2) is 59.1 Å². The molecule has 0 fully saturated rings. The Balaban J connectivity index is 1.66. The first-order valence-electron chi connectivity index (χ1n) is 13.0. The lowest BCUT2D eigenvalue weighted by molar-refractivity contribution is -0.148. The van der Waals surface area contributed by atoms with Gasteiger partial charge in [-0.25, -0.2) is 0 Å². The van der Waals surface area contributed by atoms with E-state index in [4.69, 9.17) is 5.73 Å². The summed E-state index contributed by atoms with van der Waals surface area (Å²) in [5.74, 6) is -6.63. The van der Waals surface area contributed by atoms with Crippen molar-refractivity contribution < 1.29 is 34.8 Å². The summed E-state index contributed by atoms with van der Waals surface area (Å²) in [5.41, 5.74) is 5.03. The van der Waals surface area contributed by atoms with Crippen molar-refractivity contribution in [2.24, 2.45) is 17.6 Å². The molecule has 10 heteroatoms. The van der Waals surface area contributed by atoms with E-state index >= 15 is 0 Å². The number of likely N-dealkylation sites (N-methyl/N-ethyl adjacent to an activating group) is 1. The maximum Gasteiger partial charge on any atom is 0.255 e. The number of aliphatic hydroxyl groups excluding tert-OH is 2. The Bertz CT molecular complexity index is 1510. The predicted molar refractivity (Wildman–Crippen MR) is 147 cm³/mol. The van der Waals surface area contributed by atoms with Crippen molar-refractivity contribution in [1.82, 2.24) is 9.80 Å². The molecule has 1 amide bonds. The third-order valence-electron chi connectivity index (χ3n) is 8.37. The summed E-state index contributed by atoms with van der Waals surface area (Å²) in [5, 5.41) is 44.8. The standard InChI is InChI=1S/C30H33N3O7/c1-32(2)13-14-5-7-15(8-6-14)17-9-10-20(34)22-18(17)11-16-12-19-24(33(3)4)26(36)23(29(31)39)28(38)30(19,40)27(37)21(16)25(22)35/h5-10,16,19,24,34,36-37,40H,11-13H2,1-4H3,(H2,31,39)/t16-,19-,24+,30-/m0/s1. The Kier molecular flexibility index (Phi) is 6.60. The number of fused-ring (bicyclic) bond motifs is 3. The van der Waals surface area contributed by atoms with Crippen molar-refractivity contribution >= 4 is 17.5 Å². The zero-order valence-electron chi connectivity index (χ0n) is 22.8. The number of phenolic OH excluding ortho intramolecular Hbond substituents is 1. The number of hydrogen-bond donors (Lipinski definition) is 5. The summed E-state index contributed by atoms with van der Waals surface area (Å²) < 4.78 is 0. The lowest BCUT2D eigenvalue weighted by atomic mass is 9.58. The highest BCUT2D eigenvalue weighted by Crippen LogP contribution is 2.53. The van der Waals surface area contributed by atoms with Crippen LogP contribution in [0, 0.1) is 11.8 Å². The van der Waals surface area contributed by atoms with Gasteiger partial charge in [0.25, 0.3) is 5.91 Å². The molecule has 2 aromatic carbocycles. The van der Waals surface area contributed by atoms with Gasteiger partial charge in [-0.3, -0.25) is 19.3 Å². The number of benzene rings is 2. The molecule has 0 heterocycles. The van der Waals surface area contributed by atoms with E-state index in [0.29, 0.717) is 5.56 Å². The molecule has 4 atom stereocenters. The molecule has 40 heavy (non-hydrogen) atoms. The van der Waals surface area contributed by atoms with E-state index in [0.717, 1.165) is 23.2 Å². The van der Waals surface area contributed by atoms with Gasteiger partial charge in [0.2, 0.25) is 5.78 Å². The summed E-state index contributed by atoms with van der Waals surface area (Å²) in [7, 11) is 7.16. The number of aromatic hydroxyl groups is 1. The van der Waals surface area contributed by atoms with Gasteiger partial charge in [-0.2, -0.15) is 0 Å². The van der Waals surface area contributed by atoms with Gasteiger partial charge in [-0.15, -0.1) is 0 Å². The number of hydrogen-bond acceptors (Lipinski definition) is 9. The molecule has 3 aliphatic rings. The maximum atomic E-state index is 13.9. The molecule has 6 N–H and O–H groups in total. The van der Waals surface area contributed by atoms with E-state index in [1.165, 1.54) is 11.0 Å². The van der Waals surface area contributed by atoms with Crippen molar-refractivity contribution in [2.45, 2.75) is 31.0 Å². The number of aliphatic hydroxyl groups is 3. The molecular formula is C30H33N3O7. The third kappa shape index (κ3) is 3.94. The van der Waals surface area contributed by atoms with E-state index in [9.17, 15) is 34.8 Å². The number of rotatable bonds is 5. The molecule has 0 aromatic heterocycles. The smallest absolute Gasteiger partial charge is 0.255 e. The maximum absolute atomic E-state index is 13.9. The summed E-state index contributed by atoms with van der Waals surface area (Å²) in [6.45, 7) is 0.761. The van der Waals surface area contributed by atoms with Crippen LogP contribution >= 0.6 is 0 Å². The third-order valence-corrected chi connectivity index (χ3v) is 8.37. The molecule has 0 aliphatic heterocycles. The summed E-state index contributed by atoms with van der Waals surface area (Å²) >= 11 is 0. The Morgan fingerprint density at radius 1 is 1.02 bits per heavy atom. The molecule has 10 nitrogen and oxygen atoms in total. The van der Waals surface area contributed by atoms with Gasteiger partial charge in [0.15, 0.2) is 11.4 Å². The number of nitrogens with two attached hydrogens (primary N) is 1. The van der Waals surface area contributed by atoms with E-state index < -0.39 is 58.0 Å². The zero-order valence-corrected chi connectivity index (χ0v) is 22.8. The van der Waals surface area contributed by atoms with Crippen LogP contribution in [-0.4, -0.2) is 87.5 Å². The lowest BCUT2D eigenvalue weighted by Crippen LogP contribution is -2.63. The van der Waals surface area contributed by atoms with Crippen molar-refractivity contribution in [3.8, 4) is 16.9 Å². The van der Waals surface area contributed by atoms with E-state index in [1.54, 1.807) is 20.2 Å². The minimum atomic E-state index is -2.65. The number of carbonyl (C=O) groups is 3. The minimum absolute atomic E-state index is 0.00403. The Morgan fingerprint density at radius 2 is 1.68 bits per heavy atom. The van der Waals surface area contributed by atoms with Gasteiger partial charge >= 0.3 is 0 Å². The van der Waals surface area contributed by atoms with Crippen LogP contribution in [-0.2, 0) is 22.6 Å². The second kappa shape index (κ2) is 9.58. The van der Waals surface area contributed by atoms with Crippen molar-refractivity contribution in [3.05, 3.63) is 75.8 Å². The fraction of sp³-hybridized carbons (Fsp3) is 0.367. The number of Topliss-reactive ketones (excluding diaryl/α,β-unsaturated/α-hetero) is 2. The second-order valence-corrected chi connectivity index (χ2v) is 11.4. The quantitative estimate of drug-likeness (QED) is 0.351. The Labute approximate surface area is 231 Å². The average Bonchev–Trinajstić information content (AvgIpc) is 2.86. The molecule has 0 bridgehead atoms. The van der Waals surface area contributed by atoms with Crippen LogP contribution in [0.25, 0.3) is 11.1 Å². The lowest BCUT2D eigenvalue weighted by Gasteiger charge is -2.50. The highest BCUT2D eigenvalue weighted by Gasteiger charge is 2.63. The minimum Gasteiger partial charge on any atom is -0.510 e. The van der Waals surface area contributed by atoms with E-state index in [2.05, 4.69) is 4.90 Å². The van der Waals surface area contributed by atoms with Gasteiger partial charge in [0, 0.05) is 18.0 Å². The number of primary amides is 1. The van der Waals surface area contributed by atoms with Crippen LogP contribution in [0.3, 0.4) is 0 Å². The largest absolute Gasteiger partial charge is 0.510 e. The molecular weight excluding hydrogens is 514 g/mol. The molecule has 0 radical (unpaired) electrons. The normalized spacial score (nSPS) is 26.2. The highest BCUT2D eigenvalue weighted by atomic mass is 16.3. The number of nitrogens with zero attached hydrogens (tertiary/aromatic N) is 2. The van der Waals surface area contributed by atoms with Crippen LogP contribution in [0.4, 0.5) is 0 Å². The molecule has 5 rings (SSSR count). The van der Waals surface area contributed by atoms with Crippen molar-refractivity contribution in [3.63, 3.8) is 0 Å². The molecule has 210 valence electrons. The topological polar surface area (TPSA) is 165 Å². The Morgan fingerprint density at radius 3 is 2.25 bits per heavy atom. The number of allylic oxidation sites excluding steroid dienone is 1. The van der Waals surface area contributed by atoms with Gasteiger partial charge in [-0.05, 0) is 75.3 Å². The van der Waals surface area contributed by atoms with Crippen LogP contribution in [0.2, 0.25) is 0 Å². The van der Waals surface area contributed by atoms with Crippen molar-refractivity contribution in [2.75, 3.05) is 28.2 Å². The summed E-state index contributed by atoms with van der Waals surface area (Å²) in [4.78, 5) is 43.0. The second-order valence-electron chi connectivity index (χ2n) is 11.4. The van der Waals surface area contributed by atoms with Gasteiger partial charge in [0.1, 0.15) is 22.8 Å². The fourth-order valence-electron chi connectivity index (χ4n) is 6.68. The first-order valence-corrected chi connectivity index (χ1v) is 13.0. The fourth-order valence-corrected chi connectivity index (χ4v) is 6.68. The predicted octanol–water partition coefficient (Wildman–Crippen LogP) is 1.85. The average molecular weight is 548 g/mol. The molecule has 0 unspecified atom stereocenters. The van der Waals surface area contributed by atoms with Crippen LogP contribution < -0.4 is 5.73 Å².